The van der Waals surface area contributed by atoms with Crippen LogP contribution < -0.4 is 15.8 Å². The number of hydrogen-bond donors (Lipinski definition) is 2. The number of carbonyl (C=O) groups excluding carboxylic acids is 3. The van der Waals surface area contributed by atoms with Gasteiger partial charge in [0.05, 0.1) is 12.6 Å². The van der Waals surface area contributed by atoms with Crippen LogP contribution in [-0.2, 0) is 38.6 Å². The van der Waals surface area contributed by atoms with Crippen LogP contribution in [0.1, 0.15) is 36.5 Å². The van der Waals surface area contributed by atoms with Crippen molar-refractivity contribution in [1.29, 1.82) is 0 Å². The van der Waals surface area contributed by atoms with Crippen molar-refractivity contribution >= 4 is 17.8 Å². The van der Waals surface area contributed by atoms with Crippen LogP contribution in [0.15, 0.2) is 84.9 Å². The molecule has 210 valence electrons. The van der Waals surface area contributed by atoms with Gasteiger partial charge in [-0.15, -0.1) is 0 Å². The number of likely N-dealkylation sites (tertiary alicyclic amines) is 1. The van der Waals surface area contributed by atoms with Gasteiger partial charge in [0, 0.05) is 13.0 Å². The molecule has 8 nitrogen and oxygen atoms in total. The average Bonchev–Trinajstić information content (AvgIpc) is 3.47. The first-order valence-electron chi connectivity index (χ1n) is 13.8. The first-order chi connectivity index (χ1) is 19.4. The molecule has 0 bridgehead atoms. The van der Waals surface area contributed by atoms with Gasteiger partial charge in [-0.1, -0.05) is 72.8 Å². The summed E-state index contributed by atoms with van der Waals surface area (Å²) >= 11 is 0. The molecule has 3 aromatic carbocycles. The maximum atomic E-state index is 13.8. The summed E-state index contributed by atoms with van der Waals surface area (Å²) in [5.74, 6) is -0.429. The molecule has 1 fully saturated rings. The normalized spacial score (nSPS) is 16.1. The van der Waals surface area contributed by atoms with Crippen LogP contribution in [0.25, 0.3) is 0 Å². The Morgan fingerprint density at radius 3 is 2.17 bits per heavy atom. The van der Waals surface area contributed by atoms with E-state index in [4.69, 9.17) is 15.2 Å². The second-order valence-corrected chi connectivity index (χ2v) is 9.92. The Bertz CT molecular complexity index is 1250. The van der Waals surface area contributed by atoms with Gasteiger partial charge in [0.15, 0.2) is 0 Å². The number of hydrogen-bond acceptors (Lipinski definition) is 6. The molecule has 8 heteroatoms. The number of nitrogens with two attached hydrogens (primary N) is 1. The third kappa shape index (κ3) is 7.93. The Kier molecular flexibility index (Phi) is 10.3. The highest BCUT2D eigenvalue weighted by atomic mass is 16.5. The minimum absolute atomic E-state index is 0.142. The zero-order valence-corrected chi connectivity index (χ0v) is 22.8. The Morgan fingerprint density at radius 2 is 1.52 bits per heavy atom. The minimum atomic E-state index is -0.871. The van der Waals surface area contributed by atoms with Crippen molar-refractivity contribution in [3.63, 3.8) is 0 Å². The Hall–Kier alpha value is -4.17. The summed E-state index contributed by atoms with van der Waals surface area (Å²) < 4.78 is 11.0. The molecule has 0 aliphatic carbocycles. The van der Waals surface area contributed by atoms with E-state index < -0.39 is 30.0 Å². The zero-order valence-electron chi connectivity index (χ0n) is 22.8. The highest BCUT2D eigenvalue weighted by Gasteiger charge is 2.39. The maximum Gasteiger partial charge on any atom is 0.329 e. The zero-order chi connectivity index (χ0) is 28.3. The van der Waals surface area contributed by atoms with Crippen LogP contribution >= 0.6 is 0 Å². The lowest BCUT2D eigenvalue weighted by atomic mass is 10.0. The molecule has 0 unspecified atom stereocenters. The summed E-state index contributed by atoms with van der Waals surface area (Å²) in [5, 5.41) is 2.88. The molecule has 3 N–H and O–H groups in total. The molecule has 1 saturated heterocycles. The third-order valence-electron chi connectivity index (χ3n) is 6.96. The number of amides is 2. The van der Waals surface area contributed by atoms with Gasteiger partial charge in [-0.25, -0.2) is 4.79 Å². The first kappa shape index (κ1) is 28.8. The Labute approximate surface area is 235 Å². The number of rotatable bonds is 12. The Morgan fingerprint density at radius 1 is 0.900 bits per heavy atom. The van der Waals surface area contributed by atoms with E-state index in [9.17, 15) is 14.4 Å². The van der Waals surface area contributed by atoms with Gasteiger partial charge in [-0.2, -0.15) is 0 Å². The summed E-state index contributed by atoms with van der Waals surface area (Å²) in [6, 6.07) is 23.9. The van der Waals surface area contributed by atoms with E-state index in [0.29, 0.717) is 32.4 Å². The SMILES string of the molecule is CCOc1ccc(C[C@@H](N)C(=O)N[C@@H](Cc2ccccc2)C(=O)N2CCC[C@@H]2C(=O)OCc2ccccc2)cc1. The molecule has 3 atom stereocenters. The number of carbonyl (C=O) groups is 3. The van der Waals surface area contributed by atoms with Crippen LogP contribution in [0.3, 0.4) is 0 Å². The molecule has 40 heavy (non-hydrogen) atoms. The van der Waals surface area contributed by atoms with Crippen molar-refractivity contribution in [1.82, 2.24) is 10.2 Å². The highest BCUT2D eigenvalue weighted by Crippen LogP contribution is 2.21. The summed E-state index contributed by atoms with van der Waals surface area (Å²) in [6.07, 6.45) is 1.79. The van der Waals surface area contributed by atoms with Gasteiger partial charge in [0.2, 0.25) is 11.8 Å². The largest absolute Gasteiger partial charge is 0.494 e. The topological polar surface area (TPSA) is 111 Å². The van der Waals surface area contributed by atoms with E-state index in [-0.39, 0.29) is 18.9 Å². The van der Waals surface area contributed by atoms with Crippen LogP contribution in [0.4, 0.5) is 0 Å². The average molecular weight is 544 g/mol. The van der Waals surface area contributed by atoms with E-state index in [1.807, 2.05) is 91.9 Å². The number of benzene rings is 3. The molecule has 3 aromatic rings. The summed E-state index contributed by atoms with van der Waals surface area (Å²) in [4.78, 5) is 41.5. The predicted octanol–water partition coefficient (Wildman–Crippen LogP) is 3.42. The lowest BCUT2D eigenvalue weighted by molar-refractivity contribution is -0.155. The van der Waals surface area contributed by atoms with Crippen molar-refractivity contribution in [3.05, 3.63) is 102 Å². The molecule has 2 amide bonds. The van der Waals surface area contributed by atoms with Gasteiger partial charge in [0.1, 0.15) is 24.4 Å². The highest BCUT2D eigenvalue weighted by molar-refractivity contribution is 5.92. The quantitative estimate of drug-likeness (QED) is 0.339. The van der Waals surface area contributed by atoms with E-state index >= 15 is 0 Å². The molecule has 0 radical (unpaired) electrons. The van der Waals surface area contributed by atoms with Gasteiger partial charge >= 0.3 is 5.97 Å². The van der Waals surface area contributed by atoms with Crippen LogP contribution in [0.2, 0.25) is 0 Å². The van der Waals surface area contributed by atoms with Crippen molar-refractivity contribution in [2.75, 3.05) is 13.2 Å². The molecule has 0 aromatic heterocycles. The fraction of sp³-hybridized carbons (Fsp3) is 0.344. The predicted molar refractivity (Wildman–Crippen MR) is 152 cm³/mol. The van der Waals surface area contributed by atoms with Gasteiger partial charge < -0.3 is 25.4 Å². The lowest BCUT2D eigenvalue weighted by Crippen LogP contribution is -2.55. The fourth-order valence-electron chi connectivity index (χ4n) is 4.86. The molecular formula is C32H37N3O5. The molecule has 4 rings (SSSR count). The van der Waals surface area contributed by atoms with Crippen molar-refractivity contribution < 1.29 is 23.9 Å². The van der Waals surface area contributed by atoms with E-state index in [0.717, 1.165) is 22.4 Å². The molecular weight excluding hydrogens is 506 g/mol. The number of esters is 1. The number of ether oxygens (including phenoxy) is 2. The van der Waals surface area contributed by atoms with Crippen LogP contribution in [-0.4, -0.2) is 54.0 Å². The standard InChI is InChI=1S/C32H37N3O5/c1-2-39-26-17-15-24(16-18-26)20-27(33)30(36)34-28(21-23-10-5-3-6-11-23)31(37)35-19-9-14-29(35)32(38)40-22-25-12-7-4-8-13-25/h3-8,10-13,15-18,27-29H,2,9,14,19-22,33H2,1H3,(H,34,36)/t27-,28+,29-/m1/s1. The van der Waals surface area contributed by atoms with Crippen molar-refractivity contribution in [2.24, 2.45) is 5.73 Å². The smallest absolute Gasteiger partial charge is 0.329 e. The molecule has 1 aliphatic rings. The molecule has 0 saturated carbocycles. The molecule has 0 spiro atoms. The number of nitrogens with zero attached hydrogens (tertiary/aromatic N) is 1. The summed E-state index contributed by atoms with van der Waals surface area (Å²) in [7, 11) is 0. The third-order valence-corrected chi connectivity index (χ3v) is 6.96. The van der Waals surface area contributed by atoms with Gasteiger partial charge in [-0.05, 0) is 55.0 Å². The Balaban J connectivity index is 1.43. The fourth-order valence-corrected chi connectivity index (χ4v) is 4.86. The maximum absolute atomic E-state index is 13.8. The summed E-state index contributed by atoms with van der Waals surface area (Å²) in [5.41, 5.74) is 8.93. The first-order valence-corrected chi connectivity index (χ1v) is 13.8. The van der Waals surface area contributed by atoms with Crippen LogP contribution in [0.5, 0.6) is 5.75 Å². The molecule has 1 heterocycles. The van der Waals surface area contributed by atoms with Gasteiger partial charge in [0.25, 0.3) is 0 Å². The van der Waals surface area contributed by atoms with Crippen LogP contribution in [0, 0.1) is 0 Å². The second-order valence-electron chi connectivity index (χ2n) is 9.92. The van der Waals surface area contributed by atoms with E-state index in [1.165, 1.54) is 0 Å². The second kappa shape index (κ2) is 14.3. The monoisotopic (exact) mass is 543 g/mol. The lowest BCUT2D eigenvalue weighted by Gasteiger charge is -2.29. The minimum Gasteiger partial charge on any atom is -0.494 e. The van der Waals surface area contributed by atoms with E-state index in [1.54, 1.807) is 4.90 Å². The van der Waals surface area contributed by atoms with Gasteiger partial charge in [-0.3, -0.25) is 9.59 Å². The van der Waals surface area contributed by atoms with Crippen molar-refractivity contribution in [2.45, 2.75) is 57.3 Å². The summed E-state index contributed by atoms with van der Waals surface area (Å²) in [6.45, 7) is 3.05. The number of nitrogens with one attached hydrogen (secondary N) is 1. The molecule has 1 aliphatic heterocycles. The van der Waals surface area contributed by atoms with E-state index in [2.05, 4.69) is 5.32 Å². The van der Waals surface area contributed by atoms with Crippen molar-refractivity contribution in [3.8, 4) is 5.75 Å².